The van der Waals surface area contributed by atoms with E-state index in [1.807, 2.05) is 11.8 Å². The lowest BCUT2D eigenvalue weighted by Crippen LogP contribution is -2.31. The van der Waals surface area contributed by atoms with Crippen LogP contribution in [0.25, 0.3) is 0 Å². The van der Waals surface area contributed by atoms with E-state index in [-0.39, 0.29) is 10.6 Å². The molecule has 0 atom stereocenters. The number of hydrogen-bond acceptors (Lipinski definition) is 5. The number of nitrogens with zero attached hydrogens (tertiary/aromatic N) is 2. The third-order valence-corrected chi connectivity index (χ3v) is 4.86. The van der Waals surface area contributed by atoms with Crippen LogP contribution in [-0.4, -0.2) is 27.5 Å². The first-order valence-corrected chi connectivity index (χ1v) is 7.19. The molecule has 0 aromatic carbocycles. The summed E-state index contributed by atoms with van der Waals surface area (Å²) in [5.74, 6) is -0.123. The molecule has 1 N–H and O–H groups in total. The zero-order chi connectivity index (χ0) is 13.6. The van der Waals surface area contributed by atoms with Crippen LogP contribution in [0.1, 0.15) is 26.7 Å². The van der Waals surface area contributed by atoms with E-state index >= 15 is 0 Å². The zero-order valence-electron chi connectivity index (χ0n) is 11.0. The first-order chi connectivity index (χ1) is 8.56. The number of nitrogens with one attached hydrogen (secondary N) is 1. The van der Waals surface area contributed by atoms with Gasteiger partial charge in [0.1, 0.15) is 0 Å². The van der Waals surface area contributed by atoms with Crippen molar-refractivity contribution in [1.82, 2.24) is 4.98 Å². The molecule has 0 aliphatic heterocycles. The molecule has 1 heterocycles. The normalized spacial score (nSPS) is 11.3. The maximum Gasteiger partial charge on any atom is 0.363 e. The Morgan fingerprint density at radius 2 is 2.11 bits per heavy atom. The molecular formula is C12H19N3O2S. The molecule has 0 bridgehead atoms. The van der Waals surface area contributed by atoms with Gasteiger partial charge >= 0.3 is 5.82 Å². The van der Waals surface area contributed by atoms with Crippen LogP contribution >= 0.6 is 11.8 Å². The van der Waals surface area contributed by atoms with Crippen LogP contribution in [0.2, 0.25) is 0 Å². The molecule has 0 fully saturated rings. The van der Waals surface area contributed by atoms with Gasteiger partial charge in [-0.05, 0) is 35.1 Å². The van der Waals surface area contributed by atoms with Crippen LogP contribution < -0.4 is 5.32 Å². The van der Waals surface area contributed by atoms with Crippen LogP contribution in [-0.2, 0) is 0 Å². The second-order valence-corrected chi connectivity index (χ2v) is 5.38. The standard InChI is InChI=1S/C12H19N3O2S/c1-4-12(5-2,18-3)9-14-10-6-7-11(13-8-10)15(16)17/h6-8,14H,4-5,9H2,1-3H3. The summed E-state index contributed by atoms with van der Waals surface area (Å²) in [6, 6.07) is 3.11. The minimum absolute atomic E-state index is 0.123. The molecule has 0 unspecified atom stereocenters. The summed E-state index contributed by atoms with van der Waals surface area (Å²) in [6.07, 6.45) is 5.79. The van der Waals surface area contributed by atoms with Gasteiger partial charge in [-0.1, -0.05) is 13.8 Å². The van der Waals surface area contributed by atoms with Crippen molar-refractivity contribution in [3.63, 3.8) is 0 Å². The van der Waals surface area contributed by atoms with E-state index < -0.39 is 4.92 Å². The Kier molecular flexibility index (Phi) is 5.40. The molecule has 18 heavy (non-hydrogen) atoms. The van der Waals surface area contributed by atoms with Gasteiger partial charge in [0.15, 0.2) is 6.20 Å². The van der Waals surface area contributed by atoms with Gasteiger partial charge in [-0.25, -0.2) is 0 Å². The van der Waals surface area contributed by atoms with Gasteiger partial charge in [-0.15, -0.1) is 0 Å². The second-order valence-electron chi connectivity index (χ2n) is 4.11. The predicted molar refractivity (Wildman–Crippen MR) is 76.2 cm³/mol. The van der Waals surface area contributed by atoms with Crippen molar-refractivity contribution >= 4 is 23.3 Å². The highest BCUT2D eigenvalue weighted by atomic mass is 32.2. The minimum Gasteiger partial charge on any atom is -0.381 e. The van der Waals surface area contributed by atoms with E-state index in [1.54, 1.807) is 6.07 Å². The van der Waals surface area contributed by atoms with Gasteiger partial charge < -0.3 is 15.4 Å². The highest BCUT2D eigenvalue weighted by Gasteiger charge is 2.24. The topological polar surface area (TPSA) is 68.1 Å². The van der Waals surface area contributed by atoms with Gasteiger partial charge in [0, 0.05) is 17.4 Å². The fourth-order valence-corrected chi connectivity index (χ4v) is 2.52. The number of aromatic nitrogens is 1. The molecule has 1 aromatic heterocycles. The van der Waals surface area contributed by atoms with E-state index in [1.165, 1.54) is 12.3 Å². The largest absolute Gasteiger partial charge is 0.381 e. The van der Waals surface area contributed by atoms with E-state index in [4.69, 9.17) is 0 Å². The minimum atomic E-state index is -0.492. The summed E-state index contributed by atoms with van der Waals surface area (Å²) < 4.78 is 0.210. The second kappa shape index (κ2) is 6.58. The number of pyridine rings is 1. The molecule has 0 saturated carbocycles. The van der Waals surface area contributed by atoms with Gasteiger partial charge in [-0.3, -0.25) is 0 Å². The summed E-state index contributed by atoms with van der Waals surface area (Å²) in [5, 5.41) is 13.8. The Labute approximate surface area is 112 Å². The van der Waals surface area contributed by atoms with Gasteiger partial charge in [0.2, 0.25) is 0 Å². The van der Waals surface area contributed by atoms with Crippen LogP contribution in [0.4, 0.5) is 11.5 Å². The first-order valence-electron chi connectivity index (χ1n) is 5.96. The lowest BCUT2D eigenvalue weighted by Gasteiger charge is -2.30. The molecular weight excluding hydrogens is 250 g/mol. The lowest BCUT2D eigenvalue weighted by molar-refractivity contribution is -0.389. The van der Waals surface area contributed by atoms with Crippen molar-refractivity contribution in [2.24, 2.45) is 0 Å². The molecule has 5 nitrogen and oxygen atoms in total. The van der Waals surface area contributed by atoms with E-state index in [2.05, 4.69) is 30.4 Å². The van der Waals surface area contributed by atoms with Crippen molar-refractivity contribution in [1.29, 1.82) is 0 Å². The maximum absolute atomic E-state index is 10.5. The monoisotopic (exact) mass is 269 g/mol. The van der Waals surface area contributed by atoms with Crippen LogP contribution in [0, 0.1) is 10.1 Å². The quantitative estimate of drug-likeness (QED) is 0.607. The average Bonchev–Trinajstić information content (AvgIpc) is 2.41. The van der Waals surface area contributed by atoms with Gasteiger partial charge in [0.05, 0.1) is 5.69 Å². The summed E-state index contributed by atoms with van der Waals surface area (Å²) >= 11 is 1.85. The van der Waals surface area contributed by atoms with Crippen molar-refractivity contribution in [3.05, 3.63) is 28.4 Å². The molecule has 0 amide bonds. The summed E-state index contributed by atoms with van der Waals surface area (Å²) in [6.45, 7) is 5.19. The fraction of sp³-hybridized carbons (Fsp3) is 0.583. The van der Waals surface area contributed by atoms with E-state index in [0.717, 1.165) is 25.1 Å². The Morgan fingerprint density at radius 3 is 2.50 bits per heavy atom. The molecule has 0 radical (unpaired) electrons. The number of anilines is 1. The van der Waals surface area contributed by atoms with Crippen molar-refractivity contribution in [3.8, 4) is 0 Å². The molecule has 1 rings (SSSR count). The summed E-state index contributed by atoms with van der Waals surface area (Å²) in [5.41, 5.74) is 0.820. The average molecular weight is 269 g/mol. The summed E-state index contributed by atoms with van der Waals surface area (Å²) in [4.78, 5) is 13.8. The number of hydrogen-bond donors (Lipinski definition) is 1. The van der Waals surface area contributed by atoms with Gasteiger partial charge in [0.25, 0.3) is 0 Å². The number of nitro groups is 1. The highest BCUT2D eigenvalue weighted by molar-refractivity contribution is 8.00. The lowest BCUT2D eigenvalue weighted by atomic mass is 10.0. The molecule has 1 aromatic rings. The molecule has 0 aliphatic carbocycles. The van der Waals surface area contributed by atoms with Crippen molar-refractivity contribution < 1.29 is 4.92 Å². The molecule has 6 heteroatoms. The van der Waals surface area contributed by atoms with Crippen molar-refractivity contribution in [2.75, 3.05) is 18.1 Å². The Balaban J connectivity index is 2.65. The van der Waals surface area contributed by atoms with E-state index in [0.29, 0.717) is 0 Å². The SMILES string of the molecule is CCC(CC)(CNc1ccc([N+](=O)[O-])nc1)SC. The number of rotatable bonds is 7. The van der Waals surface area contributed by atoms with Gasteiger partial charge in [-0.2, -0.15) is 11.8 Å². The van der Waals surface area contributed by atoms with Crippen LogP contribution in [0.5, 0.6) is 0 Å². The molecule has 100 valence electrons. The zero-order valence-corrected chi connectivity index (χ0v) is 11.8. The maximum atomic E-state index is 10.5. The van der Waals surface area contributed by atoms with Crippen LogP contribution in [0.15, 0.2) is 18.3 Å². The molecule has 0 saturated heterocycles. The van der Waals surface area contributed by atoms with Crippen LogP contribution in [0.3, 0.4) is 0 Å². The third kappa shape index (κ3) is 3.60. The Hall–Kier alpha value is -1.30. The molecule has 0 spiro atoms. The number of thioether (sulfide) groups is 1. The van der Waals surface area contributed by atoms with E-state index in [9.17, 15) is 10.1 Å². The predicted octanol–water partition coefficient (Wildman–Crippen LogP) is 3.32. The highest BCUT2D eigenvalue weighted by Crippen LogP contribution is 2.30. The third-order valence-electron chi connectivity index (χ3n) is 3.27. The van der Waals surface area contributed by atoms with Crippen molar-refractivity contribution in [2.45, 2.75) is 31.4 Å². The molecule has 0 aliphatic rings. The Morgan fingerprint density at radius 1 is 1.44 bits per heavy atom. The fourth-order valence-electron chi connectivity index (χ4n) is 1.72. The summed E-state index contributed by atoms with van der Waals surface area (Å²) in [7, 11) is 0. The Bertz CT molecular complexity index is 383. The smallest absolute Gasteiger partial charge is 0.363 e. The first kappa shape index (κ1) is 14.8.